The Morgan fingerprint density at radius 2 is 2.10 bits per heavy atom. The molecule has 0 aliphatic carbocycles. The van der Waals surface area contributed by atoms with E-state index in [4.69, 9.17) is 28.9 Å². The lowest BCUT2D eigenvalue weighted by Crippen LogP contribution is -2.21. The molecule has 2 rings (SSSR count). The van der Waals surface area contributed by atoms with Crippen molar-refractivity contribution in [2.75, 3.05) is 6.54 Å². The van der Waals surface area contributed by atoms with Crippen molar-refractivity contribution in [3.63, 3.8) is 0 Å². The lowest BCUT2D eigenvalue weighted by Gasteiger charge is -2.22. The minimum atomic E-state index is -0.959. The first-order valence-electron chi connectivity index (χ1n) is 6.02. The maximum Gasteiger partial charge on any atom is 0.145 e. The number of aryl methyl sites for hydroxylation is 1. The van der Waals surface area contributed by atoms with E-state index in [-0.39, 0.29) is 11.6 Å². The van der Waals surface area contributed by atoms with Crippen LogP contribution in [-0.4, -0.2) is 11.7 Å². The summed E-state index contributed by atoms with van der Waals surface area (Å²) < 4.78 is 14.1. The third kappa shape index (κ3) is 2.85. The molecule has 0 amide bonds. The number of hydrogen-bond donors (Lipinski definition) is 2. The van der Waals surface area contributed by atoms with Crippen molar-refractivity contribution in [3.05, 3.63) is 55.4 Å². The molecule has 0 spiro atoms. The molecule has 0 aliphatic rings. The molecule has 1 aromatic heterocycles. The highest BCUT2D eigenvalue weighted by atomic mass is 35.5. The van der Waals surface area contributed by atoms with Crippen LogP contribution >= 0.6 is 34.5 Å². The zero-order valence-electron chi connectivity index (χ0n) is 10.7. The van der Waals surface area contributed by atoms with Gasteiger partial charge in [-0.1, -0.05) is 35.3 Å². The molecule has 3 N–H and O–H groups in total. The minimum Gasteiger partial charge on any atom is -0.387 e. The highest BCUT2D eigenvalue weighted by molar-refractivity contribution is 7.10. The maximum atomic E-state index is 14.1. The molecule has 0 saturated carbocycles. The zero-order chi connectivity index (χ0) is 14.9. The minimum absolute atomic E-state index is 0.0154. The normalized spacial score (nSPS) is 14.3. The smallest absolute Gasteiger partial charge is 0.145 e. The predicted octanol–water partition coefficient (Wildman–Crippen LogP) is 4.28. The molecule has 6 heteroatoms. The van der Waals surface area contributed by atoms with Crippen LogP contribution in [0, 0.1) is 12.7 Å². The van der Waals surface area contributed by atoms with Crippen LogP contribution in [0.1, 0.15) is 28.0 Å². The van der Waals surface area contributed by atoms with Gasteiger partial charge in [0, 0.05) is 12.5 Å². The van der Waals surface area contributed by atoms with Gasteiger partial charge in [-0.2, -0.15) is 0 Å². The number of nitrogens with two attached hydrogens (primary N) is 1. The molecular formula is C14H14Cl2FNOS. The average molecular weight is 334 g/mol. The number of aliphatic hydroxyl groups excluding tert-OH is 1. The van der Waals surface area contributed by atoms with Gasteiger partial charge in [0.05, 0.1) is 21.0 Å². The summed E-state index contributed by atoms with van der Waals surface area (Å²) in [5, 5.41) is 12.8. The maximum absolute atomic E-state index is 14.1. The van der Waals surface area contributed by atoms with E-state index in [1.165, 1.54) is 17.4 Å². The van der Waals surface area contributed by atoms with Crippen molar-refractivity contribution >= 4 is 34.5 Å². The summed E-state index contributed by atoms with van der Waals surface area (Å²) in [5.41, 5.74) is 6.89. The Kier molecular flexibility index (Phi) is 5.04. The molecule has 20 heavy (non-hydrogen) atoms. The Morgan fingerprint density at radius 3 is 2.65 bits per heavy atom. The molecule has 2 unspecified atom stereocenters. The number of hydrogen-bond acceptors (Lipinski definition) is 3. The SMILES string of the molecule is Cc1csc(C(O)C(CN)c2cccc(Cl)c2F)c1Cl. The third-order valence-corrected chi connectivity index (χ3v) is 5.29. The van der Waals surface area contributed by atoms with E-state index in [1.54, 1.807) is 12.1 Å². The standard InChI is InChI=1S/C14H14Cl2FNOS/c1-7-6-20-14(11(7)16)13(19)9(5-18)8-3-2-4-10(15)12(8)17/h2-4,6,9,13,19H,5,18H2,1H3. The van der Waals surface area contributed by atoms with Crippen LogP contribution in [0.2, 0.25) is 10.0 Å². The van der Waals surface area contributed by atoms with E-state index < -0.39 is 17.8 Å². The van der Waals surface area contributed by atoms with Crippen LogP contribution < -0.4 is 5.73 Å². The second kappa shape index (κ2) is 6.41. The van der Waals surface area contributed by atoms with E-state index in [0.717, 1.165) is 5.56 Å². The molecule has 2 nitrogen and oxygen atoms in total. The predicted molar refractivity (Wildman–Crippen MR) is 82.2 cm³/mol. The Labute approximate surface area is 130 Å². The highest BCUT2D eigenvalue weighted by Crippen LogP contribution is 2.40. The van der Waals surface area contributed by atoms with Crippen molar-refractivity contribution in [2.45, 2.75) is 18.9 Å². The molecule has 0 aliphatic heterocycles. The molecule has 0 fully saturated rings. The topological polar surface area (TPSA) is 46.2 Å². The number of thiophene rings is 1. The van der Waals surface area contributed by atoms with Gasteiger partial charge in [-0.15, -0.1) is 11.3 Å². The monoisotopic (exact) mass is 333 g/mol. The fourth-order valence-corrected chi connectivity index (χ4v) is 3.60. The summed E-state index contributed by atoms with van der Waals surface area (Å²) in [6.07, 6.45) is -0.959. The third-order valence-electron chi connectivity index (χ3n) is 3.21. The molecule has 1 aromatic carbocycles. The Bertz CT molecular complexity index is 617. The van der Waals surface area contributed by atoms with Gasteiger partial charge in [-0.05, 0) is 29.5 Å². The van der Waals surface area contributed by atoms with Crippen molar-refractivity contribution in [1.82, 2.24) is 0 Å². The Balaban J connectivity index is 2.42. The fourth-order valence-electron chi connectivity index (χ4n) is 2.06. The van der Waals surface area contributed by atoms with Crippen LogP contribution in [0.25, 0.3) is 0 Å². The summed E-state index contributed by atoms with van der Waals surface area (Å²) in [6, 6.07) is 4.68. The lowest BCUT2D eigenvalue weighted by atomic mass is 9.92. The van der Waals surface area contributed by atoms with Gasteiger partial charge >= 0.3 is 0 Å². The largest absolute Gasteiger partial charge is 0.387 e. The quantitative estimate of drug-likeness (QED) is 0.877. The van der Waals surface area contributed by atoms with E-state index in [9.17, 15) is 9.50 Å². The van der Waals surface area contributed by atoms with Crippen LogP contribution in [-0.2, 0) is 0 Å². The molecule has 0 bridgehead atoms. The molecular weight excluding hydrogens is 320 g/mol. The summed E-state index contributed by atoms with van der Waals surface area (Å²) in [5.74, 6) is -1.14. The van der Waals surface area contributed by atoms with Gasteiger partial charge in [0.15, 0.2) is 0 Å². The summed E-state index contributed by atoms with van der Waals surface area (Å²) in [6.45, 7) is 1.94. The Hall–Kier alpha value is -0.650. The van der Waals surface area contributed by atoms with Crippen LogP contribution in [0.3, 0.4) is 0 Å². The van der Waals surface area contributed by atoms with E-state index in [2.05, 4.69) is 0 Å². The second-order valence-corrected chi connectivity index (χ2v) is 6.22. The summed E-state index contributed by atoms with van der Waals surface area (Å²) in [7, 11) is 0. The van der Waals surface area contributed by atoms with Crippen molar-refractivity contribution in [3.8, 4) is 0 Å². The first-order chi connectivity index (χ1) is 9.47. The van der Waals surface area contributed by atoms with Gasteiger partial charge in [0.1, 0.15) is 5.82 Å². The van der Waals surface area contributed by atoms with Gasteiger partial charge in [0.25, 0.3) is 0 Å². The highest BCUT2D eigenvalue weighted by Gasteiger charge is 2.28. The second-order valence-electron chi connectivity index (χ2n) is 4.53. The first-order valence-corrected chi connectivity index (χ1v) is 7.66. The first kappa shape index (κ1) is 15.7. The molecule has 108 valence electrons. The number of benzene rings is 1. The Morgan fingerprint density at radius 1 is 1.40 bits per heavy atom. The van der Waals surface area contributed by atoms with E-state index >= 15 is 0 Å². The van der Waals surface area contributed by atoms with Crippen molar-refractivity contribution in [1.29, 1.82) is 0 Å². The average Bonchev–Trinajstić information content (AvgIpc) is 2.75. The summed E-state index contributed by atoms with van der Waals surface area (Å²) in [4.78, 5) is 0.596. The molecule has 1 heterocycles. The lowest BCUT2D eigenvalue weighted by molar-refractivity contribution is 0.149. The number of halogens is 3. The fraction of sp³-hybridized carbons (Fsp3) is 0.286. The van der Waals surface area contributed by atoms with Crippen LogP contribution in [0.15, 0.2) is 23.6 Å². The zero-order valence-corrected chi connectivity index (χ0v) is 13.1. The molecule has 0 saturated heterocycles. The number of aliphatic hydroxyl groups is 1. The van der Waals surface area contributed by atoms with Crippen molar-refractivity contribution in [2.24, 2.45) is 5.73 Å². The van der Waals surface area contributed by atoms with Gasteiger partial charge in [-0.25, -0.2) is 4.39 Å². The van der Waals surface area contributed by atoms with Crippen LogP contribution in [0.4, 0.5) is 4.39 Å². The van der Waals surface area contributed by atoms with Gasteiger partial charge < -0.3 is 10.8 Å². The number of rotatable bonds is 4. The van der Waals surface area contributed by atoms with Gasteiger partial charge in [0.2, 0.25) is 0 Å². The van der Waals surface area contributed by atoms with E-state index in [0.29, 0.717) is 15.5 Å². The van der Waals surface area contributed by atoms with E-state index in [1.807, 2.05) is 12.3 Å². The van der Waals surface area contributed by atoms with Crippen molar-refractivity contribution < 1.29 is 9.50 Å². The molecule has 0 radical (unpaired) electrons. The molecule has 2 atom stereocenters. The van der Waals surface area contributed by atoms with Gasteiger partial charge in [-0.3, -0.25) is 0 Å². The summed E-state index contributed by atoms with van der Waals surface area (Å²) >= 11 is 13.3. The molecule has 2 aromatic rings. The van der Waals surface area contributed by atoms with Crippen LogP contribution in [0.5, 0.6) is 0 Å².